The first-order valence-electron chi connectivity index (χ1n) is 4.46. The molecule has 0 aliphatic rings. The minimum absolute atomic E-state index is 0.452. The zero-order valence-electron chi connectivity index (χ0n) is 8.05. The van der Waals surface area contributed by atoms with Crippen LogP contribution in [0, 0.1) is 0 Å². The van der Waals surface area contributed by atoms with E-state index in [2.05, 4.69) is 22.6 Å². The van der Waals surface area contributed by atoms with Crippen LogP contribution in [-0.2, 0) is 11.0 Å². The van der Waals surface area contributed by atoms with Gasteiger partial charge in [-0.3, -0.25) is 0 Å². The van der Waals surface area contributed by atoms with Gasteiger partial charge in [0.15, 0.2) is 0 Å². The van der Waals surface area contributed by atoms with Crippen LogP contribution in [0.3, 0.4) is 0 Å². The molecule has 5 heteroatoms. The minimum Gasteiger partial charge on any atom is -0.488 e. The monoisotopic (exact) mass is 327 g/mol. The van der Waals surface area contributed by atoms with Gasteiger partial charge in [-0.05, 0) is 23.3 Å². The molecule has 0 saturated carbocycles. The number of hydrogen-bond donors (Lipinski definition) is 1. The molecular formula is C10H12F2INO. The van der Waals surface area contributed by atoms with Gasteiger partial charge in [0.2, 0.25) is 0 Å². The number of rotatable bonds is 5. The fourth-order valence-corrected chi connectivity index (χ4v) is 1.88. The SMILES string of the molecule is NCc1ccc(OCC(F)F)cc1CI. The first-order chi connectivity index (χ1) is 7.17. The van der Waals surface area contributed by atoms with E-state index in [1.165, 1.54) is 0 Å². The molecule has 1 aromatic carbocycles. The van der Waals surface area contributed by atoms with Crippen LogP contribution in [-0.4, -0.2) is 13.0 Å². The Hall–Kier alpha value is -0.430. The predicted octanol–water partition coefficient (Wildman–Crippen LogP) is 2.72. The summed E-state index contributed by atoms with van der Waals surface area (Å²) in [5, 5.41) is 0. The molecule has 0 unspecified atom stereocenters. The lowest BCUT2D eigenvalue weighted by molar-refractivity contribution is 0.0818. The zero-order valence-corrected chi connectivity index (χ0v) is 10.2. The summed E-state index contributed by atoms with van der Waals surface area (Å²) in [6.07, 6.45) is -2.44. The van der Waals surface area contributed by atoms with Gasteiger partial charge >= 0.3 is 0 Å². The fourth-order valence-electron chi connectivity index (χ4n) is 1.17. The van der Waals surface area contributed by atoms with Crippen molar-refractivity contribution in [2.24, 2.45) is 5.73 Å². The third kappa shape index (κ3) is 3.90. The van der Waals surface area contributed by atoms with E-state index in [9.17, 15) is 8.78 Å². The maximum Gasteiger partial charge on any atom is 0.272 e. The molecule has 0 aliphatic heterocycles. The summed E-state index contributed by atoms with van der Waals surface area (Å²) in [5.41, 5.74) is 7.59. The molecule has 0 aromatic heterocycles. The molecule has 1 aromatic rings. The van der Waals surface area contributed by atoms with Gasteiger partial charge in [0.05, 0.1) is 0 Å². The highest BCUT2D eigenvalue weighted by molar-refractivity contribution is 14.1. The second-order valence-electron chi connectivity index (χ2n) is 2.97. The van der Waals surface area contributed by atoms with Crippen LogP contribution in [0.15, 0.2) is 18.2 Å². The summed E-state index contributed by atoms with van der Waals surface area (Å²) in [7, 11) is 0. The van der Waals surface area contributed by atoms with Crippen LogP contribution in [0.2, 0.25) is 0 Å². The average molecular weight is 327 g/mol. The summed E-state index contributed by atoms with van der Waals surface area (Å²) < 4.78 is 29.5. The molecule has 0 fully saturated rings. The summed E-state index contributed by atoms with van der Waals surface area (Å²) in [4.78, 5) is 0. The Labute approximate surface area is 101 Å². The molecule has 84 valence electrons. The average Bonchev–Trinajstić information content (AvgIpc) is 2.25. The molecule has 0 aliphatic carbocycles. The van der Waals surface area contributed by atoms with Gasteiger partial charge in [0.25, 0.3) is 6.43 Å². The zero-order chi connectivity index (χ0) is 11.3. The molecule has 1 rings (SSSR count). The van der Waals surface area contributed by atoms with Crippen molar-refractivity contribution < 1.29 is 13.5 Å². The van der Waals surface area contributed by atoms with Gasteiger partial charge < -0.3 is 10.5 Å². The number of alkyl halides is 3. The van der Waals surface area contributed by atoms with Crippen LogP contribution in [0.4, 0.5) is 8.78 Å². The Bertz CT molecular complexity index is 320. The van der Waals surface area contributed by atoms with Crippen molar-refractivity contribution in [3.63, 3.8) is 0 Å². The smallest absolute Gasteiger partial charge is 0.272 e. The minimum atomic E-state index is -2.44. The van der Waals surface area contributed by atoms with E-state index in [0.29, 0.717) is 12.3 Å². The van der Waals surface area contributed by atoms with E-state index >= 15 is 0 Å². The Balaban J connectivity index is 2.74. The maximum absolute atomic E-state index is 11.9. The number of benzene rings is 1. The summed E-state index contributed by atoms with van der Waals surface area (Å²) in [6, 6.07) is 5.24. The quantitative estimate of drug-likeness (QED) is 0.667. The highest BCUT2D eigenvalue weighted by Gasteiger charge is 2.06. The van der Waals surface area contributed by atoms with Gasteiger partial charge in [0, 0.05) is 11.0 Å². The summed E-state index contributed by atoms with van der Waals surface area (Å²) in [6.45, 7) is -0.115. The van der Waals surface area contributed by atoms with Crippen LogP contribution in [0.5, 0.6) is 5.75 Å². The van der Waals surface area contributed by atoms with Gasteiger partial charge in [0.1, 0.15) is 12.4 Å². The van der Waals surface area contributed by atoms with Crippen molar-refractivity contribution in [1.82, 2.24) is 0 Å². The molecule has 2 nitrogen and oxygen atoms in total. The van der Waals surface area contributed by atoms with Crippen molar-refractivity contribution >= 4 is 22.6 Å². The van der Waals surface area contributed by atoms with Crippen LogP contribution in [0.25, 0.3) is 0 Å². The molecule has 0 saturated heterocycles. The Morgan fingerprint density at radius 2 is 2.07 bits per heavy atom. The van der Waals surface area contributed by atoms with Crippen molar-refractivity contribution in [3.8, 4) is 5.75 Å². The molecule has 0 radical (unpaired) electrons. The second kappa shape index (κ2) is 6.22. The number of nitrogens with two attached hydrogens (primary N) is 1. The number of halogens is 3. The molecule has 0 atom stereocenters. The van der Waals surface area contributed by atoms with Crippen LogP contribution < -0.4 is 10.5 Å². The van der Waals surface area contributed by atoms with Gasteiger partial charge in [-0.2, -0.15) is 0 Å². The van der Waals surface area contributed by atoms with Crippen molar-refractivity contribution in [2.45, 2.75) is 17.4 Å². The molecule has 0 spiro atoms. The normalized spacial score (nSPS) is 10.7. The molecule has 0 amide bonds. The van der Waals surface area contributed by atoms with Crippen molar-refractivity contribution in [3.05, 3.63) is 29.3 Å². The van der Waals surface area contributed by atoms with E-state index in [1.54, 1.807) is 12.1 Å². The lowest BCUT2D eigenvalue weighted by Gasteiger charge is -2.09. The van der Waals surface area contributed by atoms with Crippen LogP contribution >= 0.6 is 22.6 Å². The molecule has 0 heterocycles. The fraction of sp³-hybridized carbons (Fsp3) is 0.400. The lowest BCUT2D eigenvalue weighted by atomic mass is 10.1. The van der Waals surface area contributed by atoms with Gasteiger partial charge in [-0.25, -0.2) is 8.78 Å². The molecule has 0 bridgehead atoms. The van der Waals surface area contributed by atoms with Gasteiger partial charge in [-0.15, -0.1) is 0 Å². The van der Waals surface area contributed by atoms with E-state index < -0.39 is 13.0 Å². The second-order valence-corrected chi connectivity index (χ2v) is 3.73. The third-order valence-corrected chi connectivity index (χ3v) is 2.74. The van der Waals surface area contributed by atoms with Gasteiger partial charge in [-0.1, -0.05) is 28.7 Å². The molecular weight excluding hydrogens is 315 g/mol. The van der Waals surface area contributed by atoms with Crippen LogP contribution in [0.1, 0.15) is 11.1 Å². The first kappa shape index (κ1) is 12.6. The Morgan fingerprint density at radius 3 is 2.60 bits per heavy atom. The van der Waals surface area contributed by atoms with Crippen molar-refractivity contribution in [2.75, 3.05) is 6.61 Å². The highest BCUT2D eigenvalue weighted by atomic mass is 127. The summed E-state index contributed by atoms with van der Waals surface area (Å²) >= 11 is 2.20. The van der Waals surface area contributed by atoms with E-state index in [-0.39, 0.29) is 0 Å². The lowest BCUT2D eigenvalue weighted by Crippen LogP contribution is -2.08. The maximum atomic E-state index is 11.9. The third-order valence-electron chi connectivity index (χ3n) is 1.92. The Morgan fingerprint density at radius 1 is 1.33 bits per heavy atom. The number of ether oxygens (including phenoxy) is 1. The van der Waals surface area contributed by atoms with E-state index in [0.717, 1.165) is 15.6 Å². The molecule has 15 heavy (non-hydrogen) atoms. The highest BCUT2D eigenvalue weighted by Crippen LogP contribution is 2.20. The first-order valence-corrected chi connectivity index (χ1v) is 5.98. The standard InChI is InChI=1S/C10H12F2INO/c11-10(12)6-15-9-2-1-7(5-14)8(3-9)4-13/h1-3,10H,4-6,14H2. The predicted molar refractivity (Wildman–Crippen MR) is 63.6 cm³/mol. The molecule has 2 N–H and O–H groups in total. The van der Waals surface area contributed by atoms with Crippen molar-refractivity contribution in [1.29, 1.82) is 0 Å². The summed E-state index contributed by atoms with van der Waals surface area (Å²) in [5.74, 6) is 0.471. The Kier molecular flexibility index (Phi) is 5.24. The topological polar surface area (TPSA) is 35.2 Å². The number of hydrogen-bond acceptors (Lipinski definition) is 2. The largest absolute Gasteiger partial charge is 0.488 e. The van der Waals surface area contributed by atoms with E-state index in [1.807, 2.05) is 6.07 Å². The van der Waals surface area contributed by atoms with E-state index in [4.69, 9.17) is 10.5 Å².